The molecular formula is C26H28F2N2O5. The number of hydrogen-bond donors (Lipinski definition) is 3. The summed E-state index contributed by atoms with van der Waals surface area (Å²) >= 11 is 0. The largest absolute Gasteiger partial charge is 0.481 e. The van der Waals surface area contributed by atoms with Gasteiger partial charge in [0.1, 0.15) is 12.6 Å². The molecule has 9 heteroatoms. The molecule has 0 radical (unpaired) electrons. The number of aliphatic carboxylic acids is 1. The monoisotopic (exact) mass is 486 g/mol. The van der Waals surface area contributed by atoms with Crippen LogP contribution in [0.3, 0.4) is 0 Å². The standard InChI is InChI=1S/C26H28F2N2O5/c27-23(28)12-22(24(31)29-13-15-6-5-11-16(15)25(32)33)30-26(34)35-14-21-19-9-3-1-7-17(19)18-8-2-4-10-20(18)21/h1-4,7-10,15-16,21-23H,5-6,11-14H2,(H,29,31)(H,30,34)(H,32,33)/t15-,16-,22?/m1/s1. The molecule has 4 rings (SSSR count). The lowest BCUT2D eigenvalue weighted by Crippen LogP contribution is -2.49. The van der Waals surface area contributed by atoms with Crippen molar-refractivity contribution < 1.29 is 33.0 Å². The fourth-order valence-corrected chi connectivity index (χ4v) is 5.15. The zero-order valence-corrected chi connectivity index (χ0v) is 19.1. The molecule has 2 aromatic rings. The molecule has 2 aromatic carbocycles. The lowest BCUT2D eigenvalue weighted by atomic mass is 9.96. The number of rotatable bonds is 9. The molecule has 0 bridgehead atoms. The van der Waals surface area contributed by atoms with E-state index in [0.717, 1.165) is 28.7 Å². The highest BCUT2D eigenvalue weighted by Gasteiger charge is 2.34. The molecule has 186 valence electrons. The Labute approximate surface area is 201 Å². The Morgan fingerprint density at radius 2 is 1.63 bits per heavy atom. The summed E-state index contributed by atoms with van der Waals surface area (Å²) in [5, 5.41) is 14.1. The maximum Gasteiger partial charge on any atom is 0.407 e. The Bertz CT molecular complexity index is 1050. The van der Waals surface area contributed by atoms with Crippen molar-refractivity contribution in [3.8, 4) is 11.1 Å². The van der Waals surface area contributed by atoms with E-state index in [4.69, 9.17) is 4.74 Å². The summed E-state index contributed by atoms with van der Waals surface area (Å²) in [6, 6.07) is 14.1. The zero-order valence-electron chi connectivity index (χ0n) is 19.1. The van der Waals surface area contributed by atoms with Crippen molar-refractivity contribution in [1.29, 1.82) is 0 Å². The van der Waals surface area contributed by atoms with Gasteiger partial charge >= 0.3 is 12.1 Å². The van der Waals surface area contributed by atoms with Crippen LogP contribution in [0.2, 0.25) is 0 Å². The van der Waals surface area contributed by atoms with E-state index in [0.29, 0.717) is 12.8 Å². The molecule has 3 atom stereocenters. The first-order chi connectivity index (χ1) is 16.8. The first kappa shape index (κ1) is 24.6. The molecule has 0 spiro atoms. The second-order valence-electron chi connectivity index (χ2n) is 9.03. The summed E-state index contributed by atoms with van der Waals surface area (Å²) in [5.41, 5.74) is 4.12. The molecule has 35 heavy (non-hydrogen) atoms. The number of carbonyl (C=O) groups is 3. The number of halogens is 2. The normalized spacial score (nSPS) is 19.6. The molecular weight excluding hydrogens is 458 g/mol. The van der Waals surface area contributed by atoms with Crippen LogP contribution in [-0.4, -0.2) is 48.7 Å². The highest BCUT2D eigenvalue weighted by molar-refractivity contribution is 5.86. The van der Waals surface area contributed by atoms with Gasteiger partial charge in [-0.25, -0.2) is 13.6 Å². The predicted octanol–water partition coefficient (Wildman–Crippen LogP) is 4.17. The van der Waals surface area contributed by atoms with Crippen molar-refractivity contribution in [2.75, 3.05) is 13.2 Å². The van der Waals surface area contributed by atoms with Crippen LogP contribution >= 0.6 is 0 Å². The summed E-state index contributed by atoms with van der Waals surface area (Å²) < 4.78 is 31.6. The first-order valence-electron chi connectivity index (χ1n) is 11.7. The molecule has 1 saturated carbocycles. The fraction of sp³-hybridized carbons (Fsp3) is 0.423. The number of hydrogen-bond acceptors (Lipinski definition) is 4. The van der Waals surface area contributed by atoms with Crippen molar-refractivity contribution in [3.05, 3.63) is 59.7 Å². The van der Waals surface area contributed by atoms with Crippen LogP contribution in [0.5, 0.6) is 0 Å². The molecule has 0 aromatic heterocycles. The van der Waals surface area contributed by atoms with Gasteiger partial charge in [-0.05, 0) is 41.0 Å². The highest BCUT2D eigenvalue weighted by Crippen LogP contribution is 2.44. The SMILES string of the molecule is O=C(NC(CC(F)F)C(=O)NC[C@H]1CCC[C@H]1C(=O)O)OCC1c2ccccc2-c2ccccc21. The number of nitrogens with one attached hydrogen (secondary N) is 2. The van der Waals surface area contributed by atoms with Gasteiger partial charge in [-0.1, -0.05) is 55.0 Å². The minimum absolute atomic E-state index is 0.00869. The number of carboxylic acid groups (broad SMARTS) is 1. The average molecular weight is 487 g/mol. The van der Waals surface area contributed by atoms with E-state index in [1.807, 2.05) is 48.5 Å². The van der Waals surface area contributed by atoms with E-state index in [1.54, 1.807) is 0 Å². The lowest BCUT2D eigenvalue weighted by molar-refractivity contribution is -0.143. The molecule has 1 fully saturated rings. The minimum atomic E-state index is -2.82. The van der Waals surface area contributed by atoms with Gasteiger partial charge in [-0.3, -0.25) is 9.59 Å². The van der Waals surface area contributed by atoms with Gasteiger partial charge in [0, 0.05) is 18.9 Å². The molecule has 2 amide bonds. The van der Waals surface area contributed by atoms with Crippen LogP contribution in [-0.2, 0) is 14.3 Å². The van der Waals surface area contributed by atoms with E-state index in [2.05, 4.69) is 10.6 Å². The number of benzene rings is 2. The smallest absolute Gasteiger partial charge is 0.407 e. The van der Waals surface area contributed by atoms with Gasteiger partial charge in [0.25, 0.3) is 0 Å². The van der Waals surface area contributed by atoms with Gasteiger partial charge in [-0.2, -0.15) is 0 Å². The number of amides is 2. The summed E-state index contributed by atoms with van der Waals surface area (Å²) in [5.74, 6) is -2.75. The second-order valence-corrected chi connectivity index (χ2v) is 9.03. The van der Waals surface area contributed by atoms with Crippen LogP contribution < -0.4 is 10.6 Å². The third-order valence-corrected chi connectivity index (χ3v) is 6.88. The predicted molar refractivity (Wildman–Crippen MR) is 124 cm³/mol. The van der Waals surface area contributed by atoms with Crippen molar-refractivity contribution in [2.24, 2.45) is 11.8 Å². The van der Waals surface area contributed by atoms with Gasteiger partial charge in [0.05, 0.1) is 5.92 Å². The molecule has 0 saturated heterocycles. The lowest BCUT2D eigenvalue weighted by Gasteiger charge is -2.21. The Kier molecular flexibility index (Phi) is 7.63. The van der Waals surface area contributed by atoms with Crippen LogP contribution in [0, 0.1) is 11.8 Å². The quantitative estimate of drug-likeness (QED) is 0.494. The Hall–Kier alpha value is -3.49. The van der Waals surface area contributed by atoms with E-state index in [1.165, 1.54) is 0 Å². The Balaban J connectivity index is 1.36. The second kappa shape index (κ2) is 10.8. The van der Waals surface area contributed by atoms with Gasteiger partial charge in [0.15, 0.2) is 0 Å². The first-order valence-corrected chi connectivity index (χ1v) is 11.7. The van der Waals surface area contributed by atoms with Crippen molar-refractivity contribution in [1.82, 2.24) is 10.6 Å². The van der Waals surface area contributed by atoms with Gasteiger partial charge < -0.3 is 20.5 Å². The summed E-state index contributed by atoms with van der Waals surface area (Å²) in [6.07, 6.45) is -2.76. The molecule has 0 heterocycles. The summed E-state index contributed by atoms with van der Waals surface area (Å²) in [6.45, 7) is 0.0488. The Morgan fingerprint density at radius 1 is 1.00 bits per heavy atom. The minimum Gasteiger partial charge on any atom is -0.481 e. The highest BCUT2D eigenvalue weighted by atomic mass is 19.3. The summed E-state index contributed by atoms with van der Waals surface area (Å²) in [7, 11) is 0. The van der Waals surface area contributed by atoms with E-state index in [-0.39, 0.29) is 25.0 Å². The van der Waals surface area contributed by atoms with Crippen molar-refractivity contribution in [3.63, 3.8) is 0 Å². The third-order valence-electron chi connectivity index (χ3n) is 6.88. The Morgan fingerprint density at radius 3 is 2.23 bits per heavy atom. The fourth-order valence-electron chi connectivity index (χ4n) is 5.15. The molecule has 1 unspecified atom stereocenters. The number of carboxylic acids is 1. The molecule has 7 nitrogen and oxygen atoms in total. The van der Waals surface area contributed by atoms with E-state index < -0.39 is 42.8 Å². The zero-order chi connectivity index (χ0) is 24.9. The number of alkyl halides is 2. The van der Waals surface area contributed by atoms with E-state index in [9.17, 15) is 28.3 Å². The number of ether oxygens (including phenoxy) is 1. The maximum atomic E-state index is 13.1. The van der Waals surface area contributed by atoms with Crippen molar-refractivity contribution >= 4 is 18.0 Å². The number of carbonyl (C=O) groups excluding carboxylic acids is 2. The van der Waals surface area contributed by atoms with Gasteiger partial charge in [0.2, 0.25) is 12.3 Å². The average Bonchev–Trinajstić information content (AvgIpc) is 3.43. The van der Waals surface area contributed by atoms with Crippen molar-refractivity contribution in [2.45, 2.75) is 44.1 Å². The van der Waals surface area contributed by atoms with E-state index >= 15 is 0 Å². The number of fused-ring (bicyclic) bond motifs is 3. The summed E-state index contributed by atoms with van der Waals surface area (Å²) in [4.78, 5) is 36.4. The maximum absolute atomic E-state index is 13.1. The van der Waals surface area contributed by atoms with Gasteiger partial charge in [-0.15, -0.1) is 0 Å². The molecule has 2 aliphatic carbocycles. The molecule has 0 aliphatic heterocycles. The molecule has 3 N–H and O–H groups in total. The third kappa shape index (κ3) is 5.61. The molecule has 2 aliphatic rings. The topological polar surface area (TPSA) is 105 Å². The number of alkyl carbamates (subject to hydrolysis) is 1. The van der Waals surface area contributed by atoms with Crippen LogP contribution in [0.15, 0.2) is 48.5 Å². The van der Waals surface area contributed by atoms with Crippen LogP contribution in [0.4, 0.5) is 13.6 Å². The van der Waals surface area contributed by atoms with Crippen LogP contribution in [0.25, 0.3) is 11.1 Å². The van der Waals surface area contributed by atoms with Crippen LogP contribution in [0.1, 0.15) is 42.7 Å².